The molecule has 0 spiro atoms. The fraction of sp³-hybridized carbons (Fsp3) is 0.300. The Hall–Kier alpha value is -2.42. The quantitative estimate of drug-likeness (QED) is 0.630. The van der Waals surface area contributed by atoms with E-state index in [2.05, 4.69) is 10.6 Å². The van der Waals surface area contributed by atoms with Crippen molar-refractivity contribution in [3.05, 3.63) is 59.1 Å². The Morgan fingerprint density at radius 2 is 1.62 bits per heavy atom. The van der Waals surface area contributed by atoms with E-state index < -0.39 is 10.0 Å². The fourth-order valence-corrected chi connectivity index (χ4v) is 4.36. The van der Waals surface area contributed by atoms with Gasteiger partial charge in [0.25, 0.3) is 5.91 Å². The molecule has 2 aromatic carbocycles. The zero-order chi connectivity index (χ0) is 21.4. The molecule has 2 amide bonds. The summed E-state index contributed by atoms with van der Waals surface area (Å²) in [7, 11) is -3.54. The molecule has 9 heteroatoms. The number of amides is 2. The van der Waals surface area contributed by atoms with Crippen LogP contribution in [0.3, 0.4) is 0 Å². The number of nitrogens with one attached hydrogen (secondary N) is 2. The van der Waals surface area contributed by atoms with E-state index >= 15 is 0 Å². The maximum Gasteiger partial charge on any atom is 0.252 e. The summed E-state index contributed by atoms with van der Waals surface area (Å²) in [5.74, 6) is -0.654. The number of benzene rings is 2. The number of halogens is 1. The molecule has 2 aromatic rings. The number of anilines is 1. The third kappa shape index (κ3) is 6.03. The van der Waals surface area contributed by atoms with E-state index in [1.807, 2.05) is 0 Å². The Bertz CT molecular complexity index is 958. The fourth-order valence-electron chi connectivity index (χ4n) is 2.68. The number of rotatable bonds is 9. The molecule has 0 bridgehead atoms. The van der Waals surface area contributed by atoms with Crippen molar-refractivity contribution in [2.75, 3.05) is 25.0 Å². The Balaban J connectivity index is 1.88. The van der Waals surface area contributed by atoms with Crippen molar-refractivity contribution in [2.24, 2.45) is 0 Å². The van der Waals surface area contributed by atoms with Crippen LogP contribution in [0.4, 0.5) is 5.69 Å². The standard InChI is InChI=1S/C20H24ClN3O4S/c1-3-24(4-2)29(27,28)16-11-9-15(10-12-16)23-19(25)13-14-22-20(26)17-7-5-6-8-18(17)21/h5-12H,3-4,13-14H2,1-2H3,(H,22,26)(H,23,25). The van der Waals surface area contributed by atoms with E-state index in [4.69, 9.17) is 11.6 Å². The van der Waals surface area contributed by atoms with Crippen molar-refractivity contribution >= 4 is 39.1 Å². The van der Waals surface area contributed by atoms with Gasteiger partial charge in [-0.1, -0.05) is 37.6 Å². The first-order valence-electron chi connectivity index (χ1n) is 9.22. The van der Waals surface area contributed by atoms with Crippen LogP contribution >= 0.6 is 11.6 Å². The molecule has 0 saturated carbocycles. The maximum atomic E-state index is 12.5. The summed E-state index contributed by atoms with van der Waals surface area (Å²) in [5.41, 5.74) is 0.825. The molecule has 156 valence electrons. The van der Waals surface area contributed by atoms with Crippen molar-refractivity contribution in [1.82, 2.24) is 9.62 Å². The molecular formula is C20H24ClN3O4S. The number of hydrogen-bond acceptors (Lipinski definition) is 4. The van der Waals surface area contributed by atoms with E-state index in [0.717, 1.165) is 0 Å². The summed E-state index contributed by atoms with van der Waals surface area (Å²) in [4.78, 5) is 24.3. The highest BCUT2D eigenvalue weighted by Crippen LogP contribution is 2.18. The van der Waals surface area contributed by atoms with Crippen LogP contribution in [0, 0.1) is 0 Å². The highest BCUT2D eigenvalue weighted by molar-refractivity contribution is 7.89. The molecule has 0 aromatic heterocycles. The average molecular weight is 438 g/mol. The average Bonchev–Trinajstić information content (AvgIpc) is 2.69. The van der Waals surface area contributed by atoms with Gasteiger partial charge in [-0.3, -0.25) is 9.59 Å². The third-order valence-corrected chi connectivity index (χ3v) is 6.63. The minimum atomic E-state index is -3.54. The van der Waals surface area contributed by atoms with Crippen molar-refractivity contribution in [3.63, 3.8) is 0 Å². The highest BCUT2D eigenvalue weighted by atomic mass is 35.5. The van der Waals surface area contributed by atoms with Crippen molar-refractivity contribution < 1.29 is 18.0 Å². The molecule has 0 fully saturated rings. The smallest absolute Gasteiger partial charge is 0.252 e. The molecule has 2 rings (SSSR count). The van der Waals surface area contributed by atoms with Gasteiger partial charge in [-0.25, -0.2) is 8.42 Å². The predicted octanol–water partition coefficient (Wildman–Crippen LogP) is 3.13. The summed E-state index contributed by atoms with van der Waals surface area (Å²) in [6.45, 7) is 4.47. The van der Waals surface area contributed by atoms with Gasteiger partial charge in [0, 0.05) is 31.7 Å². The van der Waals surface area contributed by atoms with Crippen molar-refractivity contribution in [2.45, 2.75) is 25.2 Å². The van der Waals surface area contributed by atoms with Gasteiger partial charge >= 0.3 is 0 Å². The van der Waals surface area contributed by atoms with Crippen LogP contribution in [0.5, 0.6) is 0 Å². The van der Waals surface area contributed by atoms with Gasteiger partial charge in [0.05, 0.1) is 15.5 Å². The Morgan fingerprint density at radius 1 is 1.00 bits per heavy atom. The SMILES string of the molecule is CCN(CC)S(=O)(=O)c1ccc(NC(=O)CCNC(=O)c2ccccc2Cl)cc1. The molecule has 2 N–H and O–H groups in total. The molecule has 0 heterocycles. The molecule has 7 nitrogen and oxygen atoms in total. The lowest BCUT2D eigenvalue weighted by Gasteiger charge is -2.18. The molecule has 0 saturated heterocycles. The normalized spacial score (nSPS) is 11.3. The Labute approximate surface area is 176 Å². The predicted molar refractivity (Wildman–Crippen MR) is 114 cm³/mol. The van der Waals surface area contributed by atoms with E-state index in [9.17, 15) is 18.0 Å². The van der Waals surface area contributed by atoms with E-state index in [0.29, 0.717) is 29.4 Å². The van der Waals surface area contributed by atoms with Crippen LogP contribution in [0.15, 0.2) is 53.4 Å². The summed E-state index contributed by atoms with van der Waals surface area (Å²) in [6, 6.07) is 12.7. The highest BCUT2D eigenvalue weighted by Gasteiger charge is 2.21. The number of sulfonamides is 1. The topological polar surface area (TPSA) is 95.6 Å². The molecule has 0 radical (unpaired) electrons. The van der Waals surface area contributed by atoms with Crippen LogP contribution in [0.1, 0.15) is 30.6 Å². The van der Waals surface area contributed by atoms with Crippen LogP contribution < -0.4 is 10.6 Å². The van der Waals surface area contributed by atoms with Gasteiger partial charge < -0.3 is 10.6 Å². The van der Waals surface area contributed by atoms with E-state index in [-0.39, 0.29) is 29.7 Å². The molecule has 0 unspecified atom stereocenters. The number of carbonyl (C=O) groups is 2. The zero-order valence-electron chi connectivity index (χ0n) is 16.3. The molecule has 0 atom stereocenters. The van der Waals surface area contributed by atoms with Crippen LogP contribution in [-0.2, 0) is 14.8 Å². The minimum Gasteiger partial charge on any atom is -0.351 e. The Morgan fingerprint density at radius 3 is 2.21 bits per heavy atom. The van der Waals surface area contributed by atoms with Crippen LogP contribution in [0.25, 0.3) is 0 Å². The minimum absolute atomic E-state index is 0.0652. The maximum absolute atomic E-state index is 12.5. The zero-order valence-corrected chi connectivity index (χ0v) is 17.9. The first-order chi connectivity index (χ1) is 13.8. The number of carbonyl (C=O) groups excluding carboxylic acids is 2. The monoisotopic (exact) mass is 437 g/mol. The molecule has 0 aliphatic carbocycles. The first-order valence-corrected chi connectivity index (χ1v) is 11.0. The third-order valence-electron chi connectivity index (χ3n) is 4.24. The summed E-state index contributed by atoms with van der Waals surface area (Å²) < 4.78 is 26.3. The lowest BCUT2D eigenvalue weighted by molar-refractivity contribution is -0.116. The molecular weight excluding hydrogens is 414 g/mol. The molecule has 0 aliphatic rings. The second kappa shape index (κ2) is 10.4. The van der Waals surface area contributed by atoms with Gasteiger partial charge in [-0.2, -0.15) is 4.31 Å². The molecule has 0 aliphatic heterocycles. The number of nitrogens with zero attached hydrogens (tertiary/aromatic N) is 1. The van der Waals surface area contributed by atoms with Gasteiger partial charge in [0.15, 0.2) is 0 Å². The summed E-state index contributed by atoms with van der Waals surface area (Å²) in [5, 5.41) is 5.66. The lowest BCUT2D eigenvalue weighted by Crippen LogP contribution is -2.30. The lowest BCUT2D eigenvalue weighted by atomic mass is 10.2. The van der Waals surface area contributed by atoms with Gasteiger partial charge in [-0.05, 0) is 36.4 Å². The van der Waals surface area contributed by atoms with Crippen molar-refractivity contribution in [1.29, 1.82) is 0 Å². The van der Waals surface area contributed by atoms with Gasteiger partial charge in [-0.15, -0.1) is 0 Å². The Kier molecular flexibility index (Phi) is 8.19. The summed E-state index contributed by atoms with van der Waals surface area (Å²) in [6.07, 6.45) is 0.0652. The van der Waals surface area contributed by atoms with Crippen LogP contribution in [-0.4, -0.2) is 44.2 Å². The number of hydrogen-bond donors (Lipinski definition) is 2. The van der Waals surface area contributed by atoms with E-state index in [1.165, 1.54) is 28.6 Å². The summed E-state index contributed by atoms with van der Waals surface area (Å²) >= 11 is 5.96. The second-order valence-electron chi connectivity index (χ2n) is 6.15. The van der Waals surface area contributed by atoms with Crippen LogP contribution in [0.2, 0.25) is 5.02 Å². The van der Waals surface area contributed by atoms with Gasteiger partial charge in [0.2, 0.25) is 15.9 Å². The second-order valence-corrected chi connectivity index (χ2v) is 8.49. The van der Waals surface area contributed by atoms with Gasteiger partial charge in [0.1, 0.15) is 0 Å². The molecule has 29 heavy (non-hydrogen) atoms. The largest absolute Gasteiger partial charge is 0.351 e. The van der Waals surface area contributed by atoms with E-state index in [1.54, 1.807) is 38.1 Å². The van der Waals surface area contributed by atoms with Crippen molar-refractivity contribution in [3.8, 4) is 0 Å². The first kappa shape index (κ1) is 22.9.